The van der Waals surface area contributed by atoms with Crippen LogP contribution in [0.1, 0.15) is 374 Å². The summed E-state index contributed by atoms with van der Waals surface area (Å²) in [5, 5.41) is 0. The summed E-state index contributed by atoms with van der Waals surface area (Å²) in [4.78, 5) is 38.3. The first-order valence-electron chi connectivity index (χ1n) is 32.4. The topological polar surface area (TPSA) is 78.9 Å². The third-order valence-electron chi connectivity index (χ3n) is 15.4. The Morgan fingerprint density at radius 3 is 0.732 bits per heavy atom. The van der Waals surface area contributed by atoms with Crippen molar-refractivity contribution in [2.75, 3.05) is 13.2 Å². The van der Waals surface area contributed by atoms with Crippen LogP contribution in [0.5, 0.6) is 0 Å². The Kier molecular flexibility index (Phi) is 58.0. The van der Waals surface area contributed by atoms with Crippen molar-refractivity contribution in [1.82, 2.24) is 0 Å². The summed E-state index contributed by atoms with van der Waals surface area (Å²) in [6, 6.07) is 0. The van der Waals surface area contributed by atoms with Gasteiger partial charge in [0.05, 0.1) is 0 Å². The Morgan fingerprint density at radius 1 is 0.282 bits per heavy atom. The highest BCUT2D eigenvalue weighted by Crippen LogP contribution is 2.19. The van der Waals surface area contributed by atoms with E-state index in [4.69, 9.17) is 14.2 Å². The van der Waals surface area contributed by atoms with E-state index in [9.17, 15) is 14.4 Å². The number of hydrogen-bond acceptors (Lipinski definition) is 6. The molecule has 1 unspecified atom stereocenters. The molecule has 0 N–H and O–H groups in total. The lowest BCUT2D eigenvalue weighted by molar-refractivity contribution is -0.167. The standard InChI is InChI=1S/C65H126O6/c1-5-8-10-12-14-16-18-20-22-29-33-37-41-45-49-53-57-64(67)70-60-62(59-69-63(66)56-52-48-44-40-36-32-27-21-19-17-15-13-11-9-6-2)71-65(68)58-54-50-46-42-38-34-30-26-24-23-25-28-31-35-39-43-47-51-55-61(4)7-3/h61-62H,5-60H2,1-4H3/t61?,62-/m0/s1. The number of carbonyl (C=O) groups excluding carboxylic acids is 3. The molecule has 0 amide bonds. The van der Waals surface area contributed by atoms with E-state index in [1.165, 1.54) is 270 Å². The first-order valence-corrected chi connectivity index (χ1v) is 32.4. The van der Waals surface area contributed by atoms with E-state index in [0.29, 0.717) is 19.3 Å². The van der Waals surface area contributed by atoms with Crippen LogP contribution in [0, 0.1) is 5.92 Å². The van der Waals surface area contributed by atoms with Gasteiger partial charge in [-0.15, -0.1) is 0 Å². The molecule has 422 valence electrons. The second-order valence-corrected chi connectivity index (χ2v) is 22.6. The summed E-state index contributed by atoms with van der Waals surface area (Å²) >= 11 is 0. The second kappa shape index (κ2) is 59.3. The third kappa shape index (κ3) is 57.5. The fourth-order valence-electron chi connectivity index (χ4n) is 10.1. The predicted molar refractivity (Wildman–Crippen MR) is 307 cm³/mol. The molecule has 0 saturated carbocycles. The van der Waals surface area contributed by atoms with Crippen molar-refractivity contribution < 1.29 is 28.6 Å². The summed E-state index contributed by atoms with van der Waals surface area (Å²) in [5.74, 6) is 0.0830. The maximum absolute atomic E-state index is 12.9. The molecule has 0 aromatic rings. The number of unbranched alkanes of at least 4 members (excludes halogenated alkanes) is 46. The van der Waals surface area contributed by atoms with Crippen molar-refractivity contribution in [1.29, 1.82) is 0 Å². The van der Waals surface area contributed by atoms with E-state index >= 15 is 0 Å². The molecule has 0 aliphatic heterocycles. The van der Waals surface area contributed by atoms with E-state index in [1.807, 2.05) is 0 Å². The van der Waals surface area contributed by atoms with Crippen LogP contribution in [-0.2, 0) is 28.6 Å². The first-order chi connectivity index (χ1) is 34.9. The van der Waals surface area contributed by atoms with Gasteiger partial charge in [-0.3, -0.25) is 14.4 Å². The highest BCUT2D eigenvalue weighted by molar-refractivity contribution is 5.71. The summed E-state index contributed by atoms with van der Waals surface area (Å²) in [6.07, 6.45) is 66.7. The minimum atomic E-state index is -0.763. The van der Waals surface area contributed by atoms with Crippen molar-refractivity contribution in [3.63, 3.8) is 0 Å². The molecule has 0 fully saturated rings. The largest absolute Gasteiger partial charge is 0.462 e. The monoisotopic (exact) mass is 1000 g/mol. The molecule has 0 aromatic carbocycles. The van der Waals surface area contributed by atoms with Crippen LogP contribution in [0.15, 0.2) is 0 Å². The Hall–Kier alpha value is -1.59. The smallest absolute Gasteiger partial charge is 0.306 e. The molecule has 0 radical (unpaired) electrons. The van der Waals surface area contributed by atoms with E-state index in [2.05, 4.69) is 27.7 Å². The molecule has 0 aliphatic rings. The van der Waals surface area contributed by atoms with Gasteiger partial charge in [-0.2, -0.15) is 0 Å². The summed E-state index contributed by atoms with van der Waals surface area (Å²) in [5.41, 5.74) is 0. The van der Waals surface area contributed by atoms with Crippen LogP contribution < -0.4 is 0 Å². The summed E-state index contributed by atoms with van der Waals surface area (Å²) in [6.45, 7) is 9.13. The quantitative estimate of drug-likeness (QED) is 0.0343. The lowest BCUT2D eigenvalue weighted by Gasteiger charge is -2.18. The van der Waals surface area contributed by atoms with Crippen LogP contribution in [0.3, 0.4) is 0 Å². The van der Waals surface area contributed by atoms with E-state index < -0.39 is 6.10 Å². The fourth-order valence-corrected chi connectivity index (χ4v) is 10.1. The Morgan fingerprint density at radius 2 is 0.493 bits per heavy atom. The normalized spacial score (nSPS) is 12.3. The SMILES string of the molecule is CCCCCCCCCCCCCCCCCCC(=O)OC[C@H](COC(=O)CCCCCCCCCCCCCCCCC)OC(=O)CCCCCCCCCCCCCCCCCCCCC(C)CC. The van der Waals surface area contributed by atoms with Gasteiger partial charge in [-0.25, -0.2) is 0 Å². The van der Waals surface area contributed by atoms with Gasteiger partial charge in [0.1, 0.15) is 13.2 Å². The van der Waals surface area contributed by atoms with Crippen LogP contribution in [0.2, 0.25) is 0 Å². The number of hydrogen-bond donors (Lipinski definition) is 0. The molecule has 0 rings (SSSR count). The molecule has 0 spiro atoms. The molecule has 0 heterocycles. The average molecular weight is 1000 g/mol. The molecule has 0 aliphatic carbocycles. The van der Waals surface area contributed by atoms with Gasteiger partial charge in [0.15, 0.2) is 6.10 Å². The van der Waals surface area contributed by atoms with Gasteiger partial charge in [0.25, 0.3) is 0 Å². The van der Waals surface area contributed by atoms with E-state index in [-0.39, 0.29) is 31.1 Å². The maximum atomic E-state index is 12.9. The molecule has 71 heavy (non-hydrogen) atoms. The maximum Gasteiger partial charge on any atom is 0.306 e. The van der Waals surface area contributed by atoms with Gasteiger partial charge in [0.2, 0.25) is 0 Å². The highest BCUT2D eigenvalue weighted by Gasteiger charge is 2.19. The van der Waals surface area contributed by atoms with Crippen molar-refractivity contribution in [3.05, 3.63) is 0 Å². The first kappa shape index (κ1) is 69.4. The van der Waals surface area contributed by atoms with Crippen molar-refractivity contribution in [3.8, 4) is 0 Å². The summed E-state index contributed by atoms with van der Waals surface area (Å²) < 4.78 is 17.0. The summed E-state index contributed by atoms with van der Waals surface area (Å²) in [7, 11) is 0. The van der Waals surface area contributed by atoms with Crippen LogP contribution >= 0.6 is 0 Å². The molecular formula is C65H126O6. The van der Waals surface area contributed by atoms with Gasteiger partial charge in [-0.05, 0) is 25.2 Å². The van der Waals surface area contributed by atoms with Crippen LogP contribution in [0.25, 0.3) is 0 Å². The highest BCUT2D eigenvalue weighted by atomic mass is 16.6. The number of rotatable bonds is 60. The van der Waals surface area contributed by atoms with Gasteiger partial charge >= 0.3 is 17.9 Å². The van der Waals surface area contributed by atoms with Crippen molar-refractivity contribution in [2.24, 2.45) is 5.92 Å². The average Bonchev–Trinajstić information content (AvgIpc) is 3.37. The van der Waals surface area contributed by atoms with Crippen LogP contribution in [-0.4, -0.2) is 37.2 Å². The van der Waals surface area contributed by atoms with Gasteiger partial charge in [-0.1, -0.05) is 336 Å². The molecular weight excluding hydrogens is 877 g/mol. The molecule has 0 bridgehead atoms. The number of carbonyl (C=O) groups is 3. The lowest BCUT2D eigenvalue weighted by atomic mass is 9.99. The fraction of sp³-hybridized carbons (Fsp3) is 0.954. The van der Waals surface area contributed by atoms with Crippen molar-refractivity contribution in [2.45, 2.75) is 381 Å². The number of esters is 3. The van der Waals surface area contributed by atoms with E-state index in [1.54, 1.807) is 0 Å². The van der Waals surface area contributed by atoms with Crippen molar-refractivity contribution >= 4 is 17.9 Å². The van der Waals surface area contributed by atoms with Crippen LogP contribution in [0.4, 0.5) is 0 Å². The van der Waals surface area contributed by atoms with E-state index in [0.717, 1.165) is 63.7 Å². The third-order valence-corrected chi connectivity index (χ3v) is 15.4. The lowest BCUT2D eigenvalue weighted by Crippen LogP contribution is -2.30. The Bertz CT molecular complexity index is 1080. The zero-order valence-corrected chi connectivity index (χ0v) is 48.7. The predicted octanol–water partition coefficient (Wildman–Crippen LogP) is 21.7. The zero-order valence-electron chi connectivity index (χ0n) is 48.7. The molecule has 0 saturated heterocycles. The number of ether oxygens (including phenoxy) is 3. The molecule has 6 heteroatoms. The molecule has 0 aromatic heterocycles. The Balaban J connectivity index is 4.26. The molecule has 2 atom stereocenters. The molecule has 6 nitrogen and oxygen atoms in total. The zero-order chi connectivity index (χ0) is 51.6. The second-order valence-electron chi connectivity index (χ2n) is 22.6. The van der Waals surface area contributed by atoms with Gasteiger partial charge < -0.3 is 14.2 Å². The minimum Gasteiger partial charge on any atom is -0.462 e. The minimum absolute atomic E-state index is 0.0610. The van der Waals surface area contributed by atoms with Gasteiger partial charge in [0, 0.05) is 19.3 Å². The Labute approximate surface area is 444 Å².